The number of aromatic nitrogens is 2. The molecule has 0 aromatic carbocycles. The molecule has 4 atom stereocenters. The van der Waals surface area contributed by atoms with Crippen LogP contribution in [0.25, 0.3) is 0 Å². The van der Waals surface area contributed by atoms with E-state index in [1.807, 2.05) is 0 Å². The number of H-pyrrole nitrogens is 1. The van der Waals surface area contributed by atoms with Gasteiger partial charge in [-0.25, -0.2) is 4.79 Å². The van der Waals surface area contributed by atoms with Gasteiger partial charge in [-0.3, -0.25) is 14.3 Å². The number of aliphatic hydroxyl groups excluding tert-OH is 3. The number of nitrogens with zero attached hydrogens (tertiary/aromatic N) is 1. The summed E-state index contributed by atoms with van der Waals surface area (Å²) in [7, 11) is 0. The largest absolute Gasteiger partial charge is 0.487 e. The topological polar surface area (TPSA) is 134 Å². The van der Waals surface area contributed by atoms with E-state index in [4.69, 9.17) is 14.6 Å². The molecule has 0 amide bonds. The highest BCUT2D eigenvalue weighted by atomic mass is 16.6. The smallest absolute Gasteiger partial charge is 0.330 e. The maximum absolute atomic E-state index is 12.0. The zero-order valence-corrected chi connectivity index (χ0v) is 14.3. The van der Waals surface area contributed by atoms with Gasteiger partial charge in [0.25, 0.3) is 5.56 Å². The van der Waals surface area contributed by atoms with Crippen molar-refractivity contribution in [3.05, 3.63) is 27.0 Å². The second kappa shape index (κ2) is 9.14. The van der Waals surface area contributed by atoms with Crippen molar-refractivity contribution in [1.82, 2.24) is 9.55 Å². The van der Waals surface area contributed by atoms with Gasteiger partial charge in [0.05, 0.1) is 19.4 Å². The van der Waals surface area contributed by atoms with Crippen LogP contribution in [-0.2, 0) is 4.74 Å². The molecular formula is C16H26N2O7. The van der Waals surface area contributed by atoms with Gasteiger partial charge in [-0.2, -0.15) is 0 Å². The lowest BCUT2D eigenvalue weighted by atomic mass is 10.1. The zero-order valence-electron chi connectivity index (χ0n) is 14.3. The minimum absolute atomic E-state index is 0.0622. The molecule has 0 bridgehead atoms. The van der Waals surface area contributed by atoms with Crippen LogP contribution >= 0.6 is 0 Å². The molecule has 9 nitrogen and oxygen atoms in total. The highest BCUT2D eigenvalue weighted by Crippen LogP contribution is 2.28. The molecule has 25 heavy (non-hydrogen) atoms. The highest BCUT2D eigenvalue weighted by Gasteiger charge is 2.43. The third kappa shape index (κ3) is 4.69. The first-order chi connectivity index (χ1) is 12.0. The van der Waals surface area contributed by atoms with E-state index < -0.39 is 42.4 Å². The lowest BCUT2D eigenvalue weighted by Crippen LogP contribution is -2.38. The average Bonchev–Trinajstić information content (AvgIpc) is 2.87. The van der Waals surface area contributed by atoms with Gasteiger partial charge in [-0.05, 0) is 6.42 Å². The van der Waals surface area contributed by atoms with Gasteiger partial charge in [0.15, 0.2) is 6.23 Å². The first kappa shape index (κ1) is 19.6. The summed E-state index contributed by atoms with van der Waals surface area (Å²) in [5, 5.41) is 28.9. The number of ether oxygens (including phenoxy) is 2. The molecule has 1 aromatic heterocycles. The lowest BCUT2D eigenvalue weighted by molar-refractivity contribution is -0.0553. The van der Waals surface area contributed by atoms with E-state index in [1.165, 1.54) is 0 Å². The lowest BCUT2D eigenvalue weighted by Gasteiger charge is -2.18. The molecule has 0 unspecified atom stereocenters. The molecular weight excluding hydrogens is 332 g/mol. The quantitative estimate of drug-likeness (QED) is 0.437. The van der Waals surface area contributed by atoms with E-state index in [1.54, 1.807) is 0 Å². The Labute approximate surface area is 144 Å². The zero-order chi connectivity index (χ0) is 18.4. The standard InChI is InChI=1S/C16H26N2O7/c1-2-3-4-5-6-7-24-10-8-18(16(23)17-14(10)22)15-13(21)12(20)11(9-19)25-15/h8,11-13,15,19-21H,2-7,9H2,1H3,(H,17,22,23)/t11-,12-,13-,15-/m1/s1. The maximum Gasteiger partial charge on any atom is 0.330 e. The molecule has 1 aliphatic rings. The Bertz CT molecular complexity index is 657. The summed E-state index contributed by atoms with van der Waals surface area (Å²) in [6.45, 7) is 1.95. The van der Waals surface area contributed by atoms with Gasteiger partial charge in [0, 0.05) is 0 Å². The van der Waals surface area contributed by atoms with Crippen LogP contribution in [0, 0.1) is 0 Å². The van der Waals surface area contributed by atoms with Crippen molar-refractivity contribution in [2.75, 3.05) is 13.2 Å². The van der Waals surface area contributed by atoms with Crippen molar-refractivity contribution in [1.29, 1.82) is 0 Å². The number of unbranched alkanes of at least 4 members (excludes halogenated alkanes) is 4. The molecule has 9 heteroatoms. The van der Waals surface area contributed by atoms with Crippen LogP contribution in [0.5, 0.6) is 5.75 Å². The van der Waals surface area contributed by atoms with E-state index in [-0.39, 0.29) is 5.75 Å². The Balaban J connectivity index is 2.07. The third-order valence-corrected chi connectivity index (χ3v) is 4.23. The normalized spacial score (nSPS) is 26.1. The van der Waals surface area contributed by atoms with Crippen LogP contribution in [0.4, 0.5) is 0 Å². The monoisotopic (exact) mass is 358 g/mol. The van der Waals surface area contributed by atoms with Crippen LogP contribution in [-0.4, -0.2) is 56.4 Å². The highest BCUT2D eigenvalue weighted by molar-refractivity contribution is 5.13. The molecule has 142 valence electrons. The summed E-state index contributed by atoms with van der Waals surface area (Å²) >= 11 is 0. The van der Waals surface area contributed by atoms with Crippen molar-refractivity contribution in [3.8, 4) is 5.75 Å². The van der Waals surface area contributed by atoms with Crippen LogP contribution in [0.2, 0.25) is 0 Å². The summed E-state index contributed by atoms with van der Waals surface area (Å²) in [6.07, 6.45) is 1.33. The fourth-order valence-electron chi connectivity index (χ4n) is 2.76. The van der Waals surface area contributed by atoms with Crippen molar-refractivity contribution in [2.24, 2.45) is 0 Å². The number of nitrogens with one attached hydrogen (secondary N) is 1. The molecule has 0 aliphatic carbocycles. The molecule has 1 fully saturated rings. The summed E-state index contributed by atoms with van der Waals surface area (Å²) in [6, 6.07) is 0. The van der Waals surface area contributed by atoms with Crippen LogP contribution in [0.3, 0.4) is 0 Å². The number of hydrogen-bond donors (Lipinski definition) is 4. The number of hydrogen-bond acceptors (Lipinski definition) is 7. The fraction of sp³-hybridized carbons (Fsp3) is 0.750. The van der Waals surface area contributed by atoms with Gasteiger partial charge in [0.2, 0.25) is 5.75 Å². The van der Waals surface area contributed by atoms with E-state index >= 15 is 0 Å². The molecule has 0 radical (unpaired) electrons. The Kier molecular flexibility index (Phi) is 7.18. The van der Waals surface area contributed by atoms with E-state index in [0.29, 0.717) is 6.61 Å². The third-order valence-electron chi connectivity index (χ3n) is 4.23. The predicted octanol–water partition coefficient (Wildman–Crippen LogP) is -0.503. The molecule has 4 N–H and O–H groups in total. The Morgan fingerprint density at radius 1 is 1.20 bits per heavy atom. The number of aliphatic hydroxyl groups is 3. The van der Waals surface area contributed by atoms with Gasteiger partial charge in [0.1, 0.15) is 18.3 Å². The van der Waals surface area contributed by atoms with Crippen molar-refractivity contribution >= 4 is 0 Å². The van der Waals surface area contributed by atoms with Crippen LogP contribution in [0.15, 0.2) is 15.8 Å². The van der Waals surface area contributed by atoms with E-state index in [0.717, 1.165) is 42.9 Å². The minimum Gasteiger partial charge on any atom is -0.487 e. The molecule has 2 heterocycles. The number of rotatable bonds is 9. The molecule has 1 aliphatic heterocycles. The molecule has 0 spiro atoms. The van der Waals surface area contributed by atoms with Gasteiger partial charge in [-0.1, -0.05) is 32.6 Å². The van der Waals surface area contributed by atoms with Crippen LogP contribution < -0.4 is 16.0 Å². The van der Waals surface area contributed by atoms with Crippen molar-refractivity contribution in [2.45, 2.75) is 63.6 Å². The Morgan fingerprint density at radius 2 is 1.92 bits per heavy atom. The summed E-state index contributed by atoms with van der Waals surface area (Å²) < 4.78 is 11.7. The predicted molar refractivity (Wildman–Crippen MR) is 88.6 cm³/mol. The van der Waals surface area contributed by atoms with Gasteiger partial charge >= 0.3 is 5.69 Å². The Morgan fingerprint density at radius 3 is 2.56 bits per heavy atom. The second-order valence-corrected chi connectivity index (χ2v) is 6.15. The minimum atomic E-state index is -1.41. The second-order valence-electron chi connectivity index (χ2n) is 6.15. The molecule has 1 aromatic rings. The SMILES string of the molecule is CCCCCCCOc1cn([C@@H]2O[C@H](CO)[C@@H](O)[C@H]2O)c(=O)[nH]c1=O. The van der Waals surface area contributed by atoms with E-state index in [9.17, 15) is 19.8 Å². The van der Waals surface area contributed by atoms with E-state index in [2.05, 4.69) is 11.9 Å². The average molecular weight is 358 g/mol. The molecule has 2 rings (SSSR count). The summed E-state index contributed by atoms with van der Waals surface area (Å²) in [5.74, 6) is -0.0622. The number of aromatic amines is 1. The van der Waals surface area contributed by atoms with Crippen LogP contribution in [0.1, 0.15) is 45.3 Å². The molecule has 1 saturated heterocycles. The van der Waals surface area contributed by atoms with Gasteiger partial charge in [-0.15, -0.1) is 0 Å². The maximum atomic E-state index is 12.0. The molecule has 0 saturated carbocycles. The first-order valence-electron chi connectivity index (χ1n) is 8.60. The fourth-order valence-corrected chi connectivity index (χ4v) is 2.76. The van der Waals surface area contributed by atoms with Crippen molar-refractivity contribution in [3.63, 3.8) is 0 Å². The van der Waals surface area contributed by atoms with Gasteiger partial charge < -0.3 is 24.8 Å². The summed E-state index contributed by atoms with van der Waals surface area (Å²) in [4.78, 5) is 25.9. The Hall–Kier alpha value is -1.68. The first-order valence-corrected chi connectivity index (χ1v) is 8.60. The summed E-state index contributed by atoms with van der Waals surface area (Å²) in [5.41, 5.74) is -1.46. The van der Waals surface area contributed by atoms with Crippen molar-refractivity contribution < 1.29 is 24.8 Å².